The summed E-state index contributed by atoms with van der Waals surface area (Å²) in [5, 5.41) is 8.84. The standard InChI is InChI=1S/C18H24ClN5O/c19-16-4-1-14(2-5-16)3-6-18(25)23-9-7-15(8-10-23)12-24-13-17(11-20)21-22-24/h1-2,4-5,13,15H,3,6-12,20H2. The number of amides is 1. The summed E-state index contributed by atoms with van der Waals surface area (Å²) in [7, 11) is 0. The minimum atomic E-state index is 0.236. The van der Waals surface area contributed by atoms with Crippen molar-refractivity contribution in [1.29, 1.82) is 0 Å². The maximum atomic E-state index is 12.4. The van der Waals surface area contributed by atoms with E-state index in [4.69, 9.17) is 17.3 Å². The predicted octanol–water partition coefficient (Wildman–Crippen LogP) is 2.26. The molecule has 0 bridgehead atoms. The van der Waals surface area contributed by atoms with Crippen molar-refractivity contribution in [2.75, 3.05) is 13.1 Å². The number of carbonyl (C=O) groups excluding carboxylic acids is 1. The number of hydrogen-bond donors (Lipinski definition) is 1. The third-order valence-electron chi connectivity index (χ3n) is 4.75. The number of halogens is 1. The zero-order chi connectivity index (χ0) is 17.6. The largest absolute Gasteiger partial charge is 0.343 e. The summed E-state index contributed by atoms with van der Waals surface area (Å²) in [4.78, 5) is 14.4. The predicted molar refractivity (Wildman–Crippen MR) is 97.0 cm³/mol. The van der Waals surface area contributed by atoms with E-state index < -0.39 is 0 Å². The highest BCUT2D eigenvalue weighted by Crippen LogP contribution is 2.20. The molecular formula is C18H24ClN5O. The molecule has 1 saturated heterocycles. The van der Waals surface area contributed by atoms with Gasteiger partial charge >= 0.3 is 0 Å². The Bertz CT molecular complexity index is 692. The van der Waals surface area contributed by atoms with E-state index in [1.807, 2.05) is 40.0 Å². The first kappa shape index (κ1) is 17.9. The Morgan fingerprint density at radius 3 is 2.60 bits per heavy atom. The topological polar surface area (TPSA) is 77.0 Å². The summed E-state index contributed by atoms with van der Waals surface area (Å²) in [6, 6.07) is 7.70. The Balaban J connectivity index is 1.41. The molecule has 1 aromatic heterocycles. The fourth-order valence-corrected chi connectivity index (χ4v) is 3.34. The van der Waals surface area contributed by atoms with Crippen molar-refractivity contribution < 1.29 is 4.79 Å². The van der Waals surface area contributed by atoms with Crippen LogP contribution in [0.3, 0.4) is 0 Å². The van der Waals surface area contributed by atoms with E-state index in [-0.39, 0.29) is 5.91 Å². The van der Waals surface area contributed by atoms with Gasteiger partial charge in [0.25, 0.3) is 0 Å². The number of aromatic nitrogens is 3. The number of rotatable bonds is 6. The van der Waals surface area contributed by atoms with Crippen LogP contribution in [0, 0.1) is 5.92 Å². The zero-order valence-electron chi connectivity index (χ0n) is 14.3. The van der Waals surface area contributed by atoms with E-state index >= 15 is 0 Å². The van der Waals surface area contributed by atoms with Crippen LogP contribution >= 0.6 is 11.6 Å². The lowest BCUT2D eigenvalue weighted by atomic mass is 9.96. The van der Waals surface area contributed by atoms with Gasteiger partial charge in [0.2, 0.25) is 5.91 Å². The van der Waals surface area contributed by atoms with Crippen LogP contribution < -0.4 is 5.73 Å². The molecule has 2 N–H and O–H groups in total. The van der Waals surface area contributed by atoms with Crippen LogP contribution in [0.2, 0.25) is 5.02 Å². The van der Waals surface area contributed by atoms with Gasteiger partial charge in [-0.15, -0.1) is 5.10 Å². The lowest BCUT2D eigenvalue weighted by Gasteiger charge is -2.32. The van der Waals surface area contributed by atoms with Crippen molar-refractivity contribution >= 4 is 17.5 Å². The average molecular weight is 362 g/mol. The second-order valence-corrected chi connectivity index (χ2v) is 7.02. The Morgan fingerprint density at radius 1 is 1.24 bits per heavy atom. The van der Waals surface area contributed by atoms with Gasteiger partial charge in [-0.3, -0.25) is 9.48 Å². The molecule has 0 unspecified atom stereocenters. The van der Waals surface area contributed by atoms with Crippen molar-refractivity contribution in [3.63, 3.8) is 0 Å². The average Bonchev–Trinajstić information content (AvgIpc) is 3.09. The second-order valence-electron chi connectivity index (χ2n) is 6.59. The Labute approximate surface area is 152 Å². The highest BCUT2D eigenvalue weighted by molar-refractivity contribution is 6.30. The van der Waals surface area contributed by atoms with Crippen LogP contribution in [0.25, 0.3) is 0 Å². The number of likely N-dealkylation sites (tertiary alicyclic amines) is 1. The second kappa shape index (κ2) is 8.45. The van der Waals surface area contributed by atoms with E-state index in [1.165, 1.54) is 0 Å². The quantitative estimate of drug-likeness (QED) is 0.856. The lowest BCUT2D eigenvalue weighted by molar-refractivity contribution is -0.132. The van der Waals surface area contributed by atoms with E-state index in [1.54, 1.807) is 0 Å². The monoisotopic (exact) mass is 361 g/mol. The molecule has 0 radical (unpaired) electrons. The summed E-state index contributed by atoms with van der Waals surface area (Å²) < 4.78 is 1.87. The van der Waals surface area contributed by atoms with Crippen LogP contribution in [-0.2, 0) is 24.3 Å². The highest BCUT2D eigenvalue weighted by atomic mass is 35.5. The van der Waals surface area contributed by atoms with Gasteiger partial charge in [0.15, 0.2) is 0 Å². The Morgan fingerprint density at radius 2 is 1.96 bits per heavy atom. The van der Waals surface area contributed by atoms with E-state index in [0.29, 0.717) is 18.9 Å². The van der Waals surface area contributed by atoms with Crippen molar-refractivity contribution in [3.8, 4) is 0 Å². The molecule has 2 aromatic rings. The molecule has 1 aliphatic heterocycles. The van der Waals surface area contributed by atoms with Crippen LogP contribution in [0.1, 0.15) is 30.5 Å². The summed E-state index contributed by atoms with van der Waals surface area (Å²) in [5.41, 5.74) is 7.52. The molecule has 1 fully saturated rings. The smallest absolute Gasteiger partial charge is 0.222 e. The molecule has 2 heterocycles. The molecule has 1 aromatic carbocycles. The van der Waals surface area contributed by atoms with Gasteiger partial charge in [-0.25, -0.2) is 0 Å². The van der Waals surface area contributed by atoms with Crippen molar-refractivity contribution in [3.05, 3.63) is 46.7 Å². The normalized spacial score (nSPS) is 15.5. The fraction of sp³-hybridized carbons (Fsp3) is 0.500. The van der Waals surface area contributed by atoms with Gasteiger partial charge < -0.3 is 10.6 Å². The number of aryl methyl sites for hydroxylation is 1. The van der Waals surface area contributed by atoms with Gasteiger partial charge in [-0.2, -0.15) is 0 Å². The van der Waals surface area contributed by atoms with Crippen molar-refractivity contribution in [1.82, 2.24) is 19.9 Å². The zero-order valence-corrected chi connectivity index (χ0v) is 15.0. The first-order chi connectivity index (χ1) is 12.1. The molecule has 1 aliphatic rings. The number of nitrogens with two attached hydrogens (primary N) is 1. The maximum Gasteiger partial charge on any atom is 0.222 e. The van der Waals surface area contributed by atoms with Crippen LogP contribution in [0.5, 0.6) is 0 Å². The van der Waals surface area contributed by atoms with Gasteiger partial charge in [0.05, 0.1) is 5.69 Å². The summed E-state index contributed by atoms with van der Waals surface area (Å²) in [6.45, 7) is 2.91. The van der Waals surface area contributed by atoms with Gasteiger partial charge in [-0.05, 0) is 42.9 Å². The molecule has 0 spiro atoms. The number of hydrogen-bond acceptors (Lipinski definition) is 4. The van der Waals surface area contributed by atoms with Gasteiger partial charge in [-0.1, -0.05) is 28.9 Å². The molecule has 0 aliphatic carbocycles. The van der Waals surface area contributed by atoms with E-state index in [0.717, 1.165) is 55.2 Å². The number of nitrogens with zero attached hydrogens (tertiary/aromatic N) is 4. The summed E-state index contributed by atoms with van der Waals surface area (Å²) in [6.07, 6.45) is 5.23. The molecule has 7 heteroatoms. The Kier molecular flexibility index (Phi) is 6.04. The summed E-state index contributed by atoms with van der Waals surface area (Å²) in [5.74, 6) is 0.771. The highest BCUT2D eigenvalue weighted by Gasteiger charge is 2.23. The molecule has 0 atom stereocenters. The Hall–Kier alpha value is -1.92. The third-order valence-corrected chi connectivity index (χ3v) is 5.00. The van der Waals surface area contributed by atoms with Crippen LogP contribution in [-0.4, -0.2) is 38.9 Å². The molecule has 3 rings (SSSR count). The third kappa shape index (κ3) is 5.03. The van der Waals surface area contributed by atoms with Crippen LogP contribution in [0.15, 0.2) is 30.5 Å². The fourth-order valence-electron chi connectivity index (χ4n) is 3.21. The van der Waals surface area contributed by atoms with Crippen LogP contribution in [0.4, 0.5) is 0 Å². The van der Waals surface area contributed by atoms with Gasteiger partial charge in [0, 0.05) is 43.8 Å². The minimum Gasteiger partial charge on any atom is -0.343 e. The molecule has 1 amide bonds. The molecule has 0 saturated carbocycles. The maximum absolute atomic E-state index is 12.4. The molecule has 6 nitrogen and oxygen atoms in total. The van der Waals surface area contributed by atoms with Crippen molar-refractivity contribution in [2.24, 2.45) is 11.7 Å². The number of benzene rings is 1. The minimum absolute atomic E-state index is 0.236. The number of piperidine rings is 1. The number of carbonyl (C=O) groups is 1. The molecular weight excluding hydrogens is 338 g/mol. The first-order valence-corrected chi connectivity index (χ1v) is 9.13. The molecule has 25 heavy (non-hydrogen) atoms. The first-order valence-electron chi connectivity index (χ1n) is 8.75. The van der Waals surface area contributed by atoms with E-state index in [2.05, 4.69) is 10.3 Å². The lowest BCUT2D eigenvalue weighted by Crippen LogP contribution is -2.39. The SMILES string of the molecule is NCc1cn(CC2CCN(C(=O)CCc3ccc(Cl)cc3)CC2)nn1. The van der Waals surface area contributed by atoms with E-state index in [9.17, 15) is 4.79 Å². The van der Waals surface area contributed by atoms with Gasteiger partial charge in [0.1, 0.15) is 0 Å². The summed E-state index contributed by atoms with van der Waals surface area (Å²) >= 11 is 5.89. The van der Waals surface area contributed by atoms with Crippen molar-refractivity contribution in [2.45, 2.75) is 38.8 Å². The molecule has 134 valence electrons.